The smallest absolute Gasteiger partial charge is 0.126 e. The maximum Gasteiger partial charge on any atom is 0.126 e. The lowest BCUT2D eigenvalue weighted by Crippen LogP contribution is -2.39. The fourth-order valence-corrected chi connectivity index (χ4v) is 3.12. The van der Waals surface area contributed by atoms with Crippen molar-refractivity contribution in [3.05, 3.63) is 35.4 Å². The molecule has 1 aliphatic heterocycles. The van der Waals surface area contributed by atoms with Crippen molar-refractivity contribution in [2.24, 2.45) is 0 Å². The summed E-state index contributed by atoms with van der Waals surface area (Å²) in [6.45, 7) is 6.57. The third-order valence-electron chi connectivity index (χ3n) is 4.40. The first-order chi connectivity index (χ1) is 9.42. The van der Waals surface area contributed by atoms with Crippen molar-refractivity contribution in [2.75, 3.05) is 20.1 Å². The van der Waals surface area contributed by atoms with Gasteiger partial charge in [-0.3, -0.25) is 4.90 Å². The summed E-state index contributed by atoms with van der Waals surface area (Å²) in [5.41, 5.74) is 0.924. The topological polar surface area (TPSA) is 15.3 Å². The van der Waals surface area contributed by atoms with E-state index >= 15 is 0 Å². The summed E-state index contributed by atoms with van der Waals surface area (Å²) in [7, 11) is 1.84. The van der Waals surface area contributed by atoms with E-state index in [4.69, 9.17) is 0 Å². The quantitative estimate of drug-likeness (QED) is 0.889. The van der Waals surface area contributed by atoms with Crippen molar-refractivity contribution < 1.29 is 8.78 Å². The molecule has 1 N–H and O–H groups in total. The number of benzene rings is 1. The van der Waals surface area contributed by atoms with Gasteiger partial charge in [0, 0.05) is 24.2 Å². The van der Waals surface area contributed by atoms with Crippen molar-refractivity contribution in [2.45, 2.75) is 44.7 Å². The summed E-state index contributed by atoms with van der Waals surface area (Å²) >= 11 is 0. The molecule has 0 radical (unpaired) electrons. The van der Waals surface area contributed by atoms with Crippen LogP contribution in [0.2, 0.25) is 0 Å². The highest BCUT2D eigenvalue weighted by molar-refractivity contribution is 5.21. The molecule has 2 nitrogen and oxygen atoms in total. The van der Waals surface area contributed by atoms with Crippen LogP contribution in [0, 0.1) is 11.6 Å². The lowest BCUT2D eigenvalue weighted by molar-refractivity contribution is 0.167. The van der Waals surface area contributed by atoms with Crippen LogP contribution in [0.15, 0.2) is 18.2 Å². The van der Waals surface area contributed by atoms with Crippen LogP contribution < -0.4 is 5.32 Å². The minimum absolute atomic E-state index is 0.0170. The highest BCUT2D eigenvalue weighted by atomic mass is 19.1. The Hall–Kier alpha value is -1.00. The second kappa shape index (κ2) is 6.19. The number of hydrogen-bond acceptors (Lipinski definition) is 2. The minimum Gasteiger partial charge on any atom is -0.313 e. The van der Waals surface area contributed by atoms with E-state index in [0.717, 1.165) is 25.6 Å². The lowest BCUT2D eigenvalue weighted by Gasteiger charge is -2.32. The van der Waals surface area contributed by atoms with Gasteiger partial charge in [0.05, 0.1) is 0 Å². The van der Waals surface area contributed by atoms with Gasteiger partial charge in [0.2, 0.25) is 0 Å². The lowest BCUT2D eigenvalue weighted by atomic mass is 10.00. The molecule has 1 aromatic rings. The standard InChI is InChI=1S/C16H24F2N2/c1-16(2)6-4-7-20(16)8-5-15(19-3)12-9-13(17)11-14(18)10-12/h9-11,15,19H,4-8H2,1-3H3. The molecule has 20 heavy (non-hydrogen) atoms. The zero-order valence-electron chi connectivity index (χ0n) is 12.5. The van der Waals surface area contributed by atoms with E-state index in [-0.39, 0.29) is 11.6 Å². The van der Waals surface area contributed by atoms with Crippen molar-refractivity contribution in [1.82, 2.24) is 10.2 Å². The summed E-state index contributed by atoms with van der Waals surface area (Å²) in [5.74, 6) is -1.02. The number of nitrogens with zero attached hydrogens (tertiary/aromatic N) is 1. The van der Waals surface area contributed by atoms with Crippen LogP contribution in [0.4, 0.5) is 8.78 Å². The Morgan fingerprint density at radius 2 is 1.90 bits per heavy atom. The van der Waals surface area contributed by atoms with Crippen molar-refractivity contribution in [1.29, 1.82) is 0 Å². The molecule has 1 saturated heterocycles. The fraction of sp³-hybridized carbons (Fsp3) is 0.625. The number of likely N-dealkylation sites (tertiary alicyclic amines) is 1. The van der Waals surface area contributed by atoms with Gasteiger partial charge in [-0.2, -0.15) is 0 Å². The molecule has 2 rings (SSSR count). The molecular weight excluding hydrogens is 258 g/mol. The number of hydrogen-bond donors (Lipinski definition) is 1. The normalized spacial score (nSPS) is 20.2. The van der Waals surface area contributed by atoms with Gasteiger partial charge in [0.1, 0.15) is 11.6 Å². The highest BCUT2D eigenvalue weighted by Gasteiger charge is 2.31. The maximum absolute atomic E-state index is 13.3. The van der Waals surface area contributed by atoms with Crippen LogP contribution in [0.3, 0.4) is 0 Å². The van der Waals surface area contributed by atoms with E-state index in [0.29, 0.717) is 5.56 Å². The van der Waals surface area contributed by atoms with Gasteiger partial charge in [0.15, 0.2) is 0 Å². The highest BCUT2D eigenvalue weighted by Crippen LogP contribution is 2.29. The fourth-order valence-electron chi connectivity index (χ4n) is 3.12. The predicted molar refractivity (Wildman–Crippen MR) is 77.7 cm³/mol. The van der Waals surface area contributed by atoms with Gasteiger partial charge in [-0.15, -0.1) is 0 Å². The Bertz CT molecular complexity index is 440. The molecule has 1 atom stereocenters. The van der Waals surface area contributed by atoms with E-state index in [1.165, 1.54) is 25.0 Å². The zero-order valence-corrected chi connectivity index (χ0v) is 12.5. The summed E-state index contributed by atoms with van der Waals surface area (Å²) in [6, 6.07) is 3.73. The average molecular weight is 282 g/mol. The number of halogens is 2. The minimum atomic E-state index is -0.512. The number of nitrogens with one attached hydrogen (secondary N) is 1. The molecule has 0 saturated carbocycles. The first-order valence-corrected chi connectivity index (χ1v) is 7.31. The second-order valence-electron chi connectivity index (χ2n) is 6.24. The molecule has 0 spiro atoms. The second-order valence-corrected chi connectivity index (χ2v) is 6.24. The van der Waals surface area contributed by atoms with Crippen LogP contribution in [-0.2, 0) is 0 Å². The first-order valence-electron chi connectivity index (χ1n) is 7.31. The van der Waals surface area contributed by atoms with E-state index in [1.54, 1.807) is 0 Å². The van der Waals surface area contributed by atoms with Crippen LogP contribution in [-0.4, -0.2) is 30.6 Å². The van der Waals surface area contributed by atoms with Gasteiger partial charge in [0.25, 0.3) is 0 Å². The summed E-state index contributed by atoms with van der Waals surface area (Å²) in [4.78, 5) is 2.47. The monoisotopic (exact) mass is 282 g/mol. The summed E-state index contributed by atoms with van der Waals surface area (Å²) in [5, 5.41) is 3.16. The Kier molecular flexibility index (Phi) is 4.76. The van der Waals surface area contributed by atoms with Crippen molar-refractivity contribution in [3.8, 4) is 0 Å². The van der Waals surface area contributed by atoms with Crippen molar-refractivity contribution >= 4 is 0 Å². The molecule has 112 valence electrons. The maximum atomic E-state index is 13.3. The Balaban J connectivity index is 2.02. The van der Waals surface area contributed by atoms with Crippen LogP contribution in [0.1, 0.15) is 44.7 Å². The predicted octanol–water partition coefficient (Wildman–Crippen LogP) is 3.49. The molecule has 0 amide bonds. The molecule has 1 unspecified atom stereocenters. The SMILES string of the molecule is CNC(CCN1CCCC1(C)C)c1cc(F)cc(F)c1. The van der Waals surface area contributed by atoms with Gasteiger partial charge in [-0.25, -0.2) is 8.78 Å². The summed E-state index contributed by atoms with van der Waals surface area (Å²) < 4.78 is 26.6. The molecular formula is C16H24F2N2. The molecule has 1 heterocycles. The molecule has 1 fully saturated rings. The molecule has 1 aliphatic rings. The van der Waals surface area contributed by atoms with Crippen LogP contribution >= 0.6 is 0 Å². The molecule has 0 aromatic heterocycles. The summed E-state index contributed by atoms with van der Waals surface area (Å²) in [6.07, 6.45) is 3.29. The van der Waals surface area contributed by atoms with Crippen LogP contribution in [0.5, 0.6) is 0 Å². The molecule has 0 aliphatic carbocycles. The van der Waals surface area contributed by atoms with Crippen molar-refractivity contribution in [3.63, 3.8) is 0 Å². The van der Waals surface area contributed by atoms with Gasteiger partial charge in [-0.05, 0) is 64.4 Å². The third-order valence-corrected chi connectivity index (χ3v) is 4.40. The number of rotatable bonds is 5. The van der Waals surface area contributed by atoms with Gasteiger partial charge in [-0.1, -0.05) is 0 Å². The van der Waals surface area contributed by atoms with E-state index in [1.807, 2.05) is 7.05 Å². The molecule has 1 aromatic carbocycles. The average Bonchev–Trinajstić information content (AvgIpc) is 2.68. The van der Waals surface area contributed by atoms with E-state index in [9.17, 15) is 8.78 Å². The third kappa shape index (κ3) is 3.55. The first kappa shape index (κ1) is 15.4. The Morgan fingerprint density at radius 1 is 1.25 bits per heavy atom. The Labute approximate surface area is 120 Å². The van der Waals surface area contributed by atoms with Gasteiger partial charge >= 0.3 is 0 Å². The van der Waals surface area contributed by atoms with E-state index < -0.39 is 11.6 Å². The van der Waals surface area contributed by atoms with E-state index in [2.05, 4.69) is 24.1 Å². The zero-order chi connectivity index (χ0) is 14.8. The molecule has 0 bridgehead atoms. The van der Waals surface area contributed by atoms with Gasteiger partial charge < -0.3 is 5.32 Å². The van der Waals surface area contributed by atoms with Crippen LogP contribution in [0.25, 0.3) is 0 Å². The molecule has 4 heteroatoms. The largest absolute Gasteiger partial charge is 0.313 e. The Morgan fingerprint density at radius 3 is 2.40 bits per heavy atom.